The summed E-state index contributed by atoms with van der Waals surface area (Å²) in [7, 11) is 0. The third-order valence-corrected chi connectivity index (χ3v) is 2.55. The number of unbranched alkanes of at least 4 members (excludes halogenated alkanes) is 1. The van der Waals surface area contributed by atoms with Gasteiger partial charge in [-0.25, -0.2) is 0 Å². The molecule has 0 amide bonds. The monoisotopic (exact) mass is 204 g/mol. The maximum atomic E-state index is 11.7. The summed E-state index contributed by atoms with van der Waals surface area (Å²) in [6.07, 6.45) is 2.43. The molecule has 0 bridgehead atoms. The van der Waals surface area contributed by atoms with Crippen molar-refractivity contribution in [1.82, 2.24) is 0 Å². The minimum Gasteiger partial charge on any atom is -0.303 e. The number of carbonyl (C=O) groups excluding carboxylic acids is 2. The number of aldehydes is 1. The van der Waals surface area contributed by atoms with E-state index >= 15 is 0 Å². The van der Waals surface area contributed by atoms with Gasteiger partial charge in [0.15, 0.2) is 5.78 Å². The Bertz CT molecular complexity index is 367. The number of ketones is 1. The van der Waals surface area contributed by atoms with E-state index in [0.29, 0.717) is 19.3 Å². The van der Waals surface area contributed by atoms with Crippen molar-refractivity contribution >= 4 is 12.1 Å². The molecule has 2 nitrogen and oxygen atoms in total. The van der Waals surface area contributed by atoms with Crippen molar-refractivity contribution in [2.24, 2.45) is 0 Å². The number of benzene rings is 1. The van der Waals surface area contributed by atoms with Crippen LogP contribution in [0.15, 0.2) is 18.2 Å². The first kappa shape index (κ1) is 11.6. The zero-order valence-corrected chi connectivity index (χ0v) is 9.25. The van der Waals surface area contributed by atoms with Gasteiger partial charge in [0.05, 0.1) is 0 Å². The van der Waals surface area contributed by atoms with Gasteiger partial charge < -0.3 is 4.79 Å². The molecule has 0 saturated carbocycles. The van der Waals surface area contributed by atoms with Crippen molar-refractivity contribution in [3.8, 4) is 0 Å². The van der Waals surface area contributed by atoms with Crippen LogP contribution >= 0.6 is 0 Å². The van der Waals surface area contributed by atoms with Crippen LogP contribution in [0.5, 0.6) is 0 Å². The molecule has 80 valence electrons. The lowest BCUT2D eigenvalue weighted by molar-refractivity contribution is -0.107. The van der Waals surface area contributed by atoms with Crippen LogP contribution in [0.1, 0.15) is 40.7 Å². The van der Waals surface area contributed by atoms with Crippen molar-refractivity contribution in [2.75, 3.05) is 0 Å². The molecule has 0 spiro atoms. The van der Waals surface area contributed by atoms with Crippen LogP contribution in [0.2, 0.25) is 0 Å². The summed E-state index contributed by atoms with van der Waals surface area (Å²) in [5.74, 6) is 0.125. The second kappa shape index (κ2) is 5.44. The Kier molecular flexibility index (Phi) is 4.22. The predicted molar refractivity (Wildman–Crippen MR) is 60.2 cm³/mol. The molecule has 1 aromatic rings. The van der Waals surface area contributed by atoms with Crippen LogP contribution in [-0.4, -0.2) is 12.1 Å². The van der Waals surface area contributed by atoms with Gasteiger partial charge in [-0.1, -0.05) is 12.1 Å². The molecule has 0 unspecified atom stereocenters. The van der Waals surface area contributed by atoms with E-state index in [1.54, 1.807) is 0 Å². The minimum absolute atomic E-state index is 0.125. The molecule has 0 aliphatic carbocycles. The molecule has 1 aromatic carbocycles. The largest absolute Gasteiger partial charge is 0.303 e. The molecule has 0 aliphatic rings. The fraction of sp³-hybridized carbons (Fsp3) is 0.385. The Morgan fingerprint density at radius 1 is 1.27 bits per heavy atom. The second-order valence-electron chi connectivity index (χ2n) is 3.78. The van der Waals surface area contributed by atoms with E-state index in [1.165, 1.54) is 5.56 Å². The molecular formula is C13H16O2. The summed E-state index contributed by atoms with van der Waals surface area (Å²) in [6, 6.07) is 5.73. The first-order valence-corrected chi connectivity index (χ1v) is 5.19. The summed E-state index contributed by atoms with van der Waals surface area (Å²) in [6.45, 7) is 4.02. The first-order valence-electron chi connectivity index (χ1n) is 5.19. The van der Waals surface area contributed by atoms with Gasteiger partial charge in [0, 0.05) is 18.4 Å². The van der Waals surface area contributed by atoms with Crippen LogP contribution < -0.4 is 0 Å². The van der Waals surface area contributed by atoms with E-state index in [4.69, 9.17) is 0 Å². The number of carbonyl (C=O) groups is 2. The molecule has 15 heavy (non-hydrogen) atoms. The maximum absolute atomic E-state index is 11.7. The van der Waals surface area contributed by atoms with E-state index in [9.17, 15) is 9.59 Å². The lowest BCUT2D eigenvalue weighted by Crippen LogP contribution is -2.00. The third kappa shape index (κ3) is 3.31. The van der Waals surface area contributed by atoms with Gasteiger partial charge in [-0.3, -0.25) is 4.79 Å². The number of hydrogen-bond acceptors (Lipinski definition) is 2. The van der Waals surface area contributed by atoms with Crippen LogP contribution in [0.25, 0.3) is 0 Å². The first-order chi connectivity index (χ1) is 7.15. The maximum Gasteiger partial charge on any atom is 0.162 e. The number of aryl methyl sites for hydroxylation is 2. The van der Waals surface area contributed by atoms with Crippen LogP contribution in [-0.2, 0) is 4.79 Å². The molecule has 0 heterocycles. The van der Waals surface area contributed by atoms with Crippen molar-refractivity contribution in [2.45, 2.75) is 33.1 Å². The lowest BCUT2D eigenvalue weighted by Gasteiger charge is -2.03. The summed E-state index contributed by atoms with van der Waals surface area (Å²) in [5, 5.41) is 0. The van der Waals surface area contributed by atoms with Crippen molar-refractivity contribution in [3.05, 3.63) is 34.9 Å². The van der Waals surface area contributed by atoms with Crippen LogP contribution in [0.3, 0.4) is 0 Å². The minimum atomic E-state index is 0.125. The average Bonchev–Trinajstić information content (AvgIpc) is 2.22. The molecule has 2 heteroatoms. The molecule has 0 atom stereocenters. The highest BCUT2D eigenvalue weighted by molar-refractivity contribution is 5.96. The molecular weight excluding hydrogens is 188 g/mol. The summed E-state index contributed by atoms with van der Waals surface area (Å²) >= 11 is 0. The molecule has 0 fully saturated rings. The van der Waals surface area contributed by atoms with E-state index in [0.717, 1.165) is 17.4 Å². The van der Waals surface area contributed by atoms with Gasteiger partial charge in [0.25, 0.3) is 0 Å². The highest BCUT2D eigenvalue weighted by Crippen LogP contribution is 2.12. The second-order valence-corrected chi connectivity index (χ2v) is 3.78. The van der Waals surface area contributed by atoms with Crippen LogP contribution in [0, 0.1) is 13.8 Å². The number of Topliss-reactive ketones (excluding diaryl/α,β-unsaturated/α-hetero) is 1. The van der Waals surface area contributed by atoms with Gasteiger partial charge in [-0.2, -0.15) is 0 Å². The Labute approximate surface area is 90.3 Å². The predicted octanol–water partition coefficient (Wildman–Crippen LogP) is 2.86. The van der Waals surface area contributed by atoms with E-state index in [-0.39, 0.29) is 5.78 Å². The fourth-order valence-corrected chi connectivity index (χ4v) is 1.41. The van der Waals surface area contributed by atoms with Gasteiger partial charge >= 0.3 is 0 Å². The zero-order valence-electron chi connectivity index (χ0n) is 9.25. The molecule has 1 rings (SSSR count). The summed E-state index contributed by atoms with van der Waals surface area (Å²) in [4.78, 5) is 21.8. The lowest BCUT2D eigenvalue weighted by atomic mass is 10.0. The highest BCUT2D eigenvalue weighted by atomic mass is 16.1. The quantitative estimate of drug-likeness (QED) is 0.420. The molecule has 0 aromatic heterocycles. The smallest absolute Gasteiger partial charge is 0.162 e. The van der Waals surface area contributed by atoms with Crippen molar-refractivity contribution < 1.29 is 9.59 Å². The third-order valence-electron chi connectivity index (χ3n) is 2.55. The van der Waals surface area contributed by atoms with Crippen molar-refractivity contribution in [1.29, 1.82) is 0 Å². The van der Waals surface area contributed by atoms with Gasteiger partial charge in [-0.15, -0.1) is 0 Å². The summed E-state index contributed by atoms with van der Waals surface area (Å²) in [5.41, 5.74) is 3.08. The van der Waals surface area contributed by atoms with Gasteiger partial charge in [0.2, 0.25) is 0 Å². The molecule has 0 aliphatic heterocycles. The fourth-order valence-electron chi connectivity index (χ4n) is 1.41. The number of rotatable bonds is 5. The van der Waals surface area contributed by atoms with E-state index < -0.39 is 0 Å². The molecule has 0 radical (unpaired) electrons. The normalized spacial score (nSPS) is 10.0. The van der Waals surface area contributed by atoms with Gasteiger partial charge in [-0.05, 0) is 37.5 Å². The summed E-state index contributed by atoms with van der Waals surface area (Å²) < 4.78 is 0. The highest BCUT2D eigenvalue weighted by Gasteiger charge is 2.05. The van der Waals surface area contributed by atoms with E-state index in [2.05, 4.69) is 0 Å². The molecule has 0 saturated heterocycles. The van der Waals surface area contributed by atoms with Crippen LogP contribution in [0.4, 0.5) is 0 Å². The SMILES string of the molecule is Cc1ccc(C(=O)CCCC=O)cc1C. The zero-order chi connectivity index (χ0) is 11.3. The number of hydrogen-bond donors (Lipinski definition) is 0. The Balaban J connectivity index is 2.65. The van der Waals surface area contributed by atoms with Crippen molar-refractivity contribution in [3.63, 3.8) is 0 Å². The van der Waals surface area contributed by atoms with Gasteiger partial charge in [0.1, 0.15) is 6.29 Å². The molecule has 0 N–H and O–H groups in total. The average molecular weight is 204 g/mol. The standard InChI is InChI=1S/C13H16O2/c1-10-6-7-12(9-11(10)2)13(15)5-3-4-8-14/h6-9H,3-5H2,1-2H3. The Morgan fingerprint density at radius 2 is 2.00 bits per heavy atom. The Morgan fingerprint density at radius 3 is 2.60 bits per heavy atom. The van der Waals surface area contributed by atoms with E-state index in [1.807, 2.05) is 32.0 Å². The topological polar surface area (TPSA) is 34.1 Å². The Hall–Kier alpha value is -1.44.